The summed E-state index contributed by atoms with van der Waals surface area (Å²) in [7, 11) is -4.09. The third kappa shape index (κ3) is 4.90. The molecule has 2 aliphatic rings. The predicted molar refractivity (Wildman–Crippen MR) is 107 cm³/mol. The number of nitrogens with zero attached hydrogens (tertiary/aromatic N) is 1. The van der Waals surface area contributed by atoms with Crippen LogP contribution in [0.2, 0.25) is 0 Å². The van der Waals surface area contributed by atoms with Crippen molar-refractivity contribution >= 4 is 38.0 Å². The first kappa shape index (κ1) is 23.6. The molecule has 1 unspecified atom stereocenters. The molecule has 1 fully saturated rings. The molecule has 1 aliphatic heterocycles. The highest BCUT2D eigenvalue weighted by Gasteiger charge is 2.47. The van der Waals surface area contributed by atoms with Gasteiger partial charge in [-0.3, -0.25) is 14.4 Å². The standard InChI is InChI=1S/C19H20BrF2NO7S/c1-3-28-19-14(16(10-4-5-10)30-23(19)9-24)15(25)11-6-7-12(20)17(29-8-13(21)22)18(11)31(2,26)27/h6-7,9-10,13,16H,3-5,8H2,1-2H3. The summed E-state index contributed by atoms with van der Waals surface area (Å²) < 4.78 is 61.2. The lowest BCUT2D eigenvalue weighted by atomic mass is 9.96. The van der Waals surface area contributed by atoms with E-state index in [1.165, 1.54) is 12.1 Å². The molecular formula is C19H20BrF2NO7S. The number of sulfone groups is 1. The number of carbonyl (C=O) groups is 2. The Labute approximate surface area is 186 Å². The third-order valence-electron chi connectivity index (χ3n) is 4.65. The van der Waals surface area contributed by atoms with Gasteiger partial charge in [0, 0.05) is 11.8 Å². The molecule has 12 heteroatoms. The summed E-state index contributed by atoms with van der Waals surface area (Å²) in [5.41, 5.74) is -0.285. The lowest BCUT2D eigenvalue weighted by Crippen LogP contribution is -2.23. The molecule has 3 rings (SSSR count). The van der Waals surface area contributed by atoms with E-state index in [4.69, 9.17) is 14.3 Å². The first-order valence-electron chi connectivity index (χ1n) is 9.36. The van der Waals surface area contributed by atoms with Crippen molar-refractivity contribution in [1.82, 2.24) is 5.06 Å². The Bertz CT molecular complexity index is 1020. The van der Waals surface area contributed by atoms with Crippen LogP contribution in [0.5, 0.6) is 5.75 Å². The van der Waals surface area contributed by atoms with Crippen LogP contribution in [0.25, 0.3) is 0 Å². The second kappa shape index (κ2) is 9.21. The van der Waals surface area contributed by atoms with Gasteiger partial charge in [-0.05, 0) is 53.7 Å². The van der Waals surface area contributed by atoms with E-state index in [0.29, 0.717) is 6.41 Å². The maximum Gasteiger partial charge on any atom is 0.272 e. The SMILES string of the molecule is CCOC1=C(C(=O)c2ccc(Br)c(OCC(F)F)c2S(C)(=O)=O)C(C2CC2)ON1C=O. The number of hydrogen-bond donors (Lipinski definition) is 0. The molecule has 0 N–H and O–H groups in total. The number of Topliss-reactive ketones (excluding diaryl/α,β-unsaturated/α-hetero) is 1. The Balaban J connectivity index is 2.18. The zero-order valence-electron chi connectivity index (χ0n) is 16.6. The van der Waals surface area contributed by atoms with Crippen molar-refractivity contribution < 1.29 is 41.1 Å². The topological polar surface area (TPSA) is 99.2 Å². The fraction of sp³-hybridized carbons (Fsp3) is 0.474. The minimum atomic E-state index is -4.09. The van der Waals surface area contributed by atoms with Crippen molar-refractivity contribution in [2.75, 3.05) is 19.5 Å². The molecule has 170 valence electrons. The highest BCUT2D eigenvalue weighted by atomic mass is 79.9. The summed E-state index contributed by atoms with van der Waals surface area (Å²) in [6.45, 7) is 0.720. The van der Waals surface area contributed by atoms with Gasteiger partial charge in [0.05, 0.1) is 16.7 Å². The minimum absolute atomic E-state index is 0.00322. The van der Waals surface area contributed by atoms with E-state index in [9.17, 15) is 26.8 Å². The molecule has 1 amide bonds. The van der Waals surface area contributed by atoms with Crippen molar-refractivity contribution in [2.24, 2.45) is 5.92 Å². The summed E-state index contributed by atoms with van der Waals surface area (Å²) in [5.74, 6) is -1.29. The van der Waals surface area contributed by atoms with Gasteiger partial charge in [0.25, 0.3) is 6.43 Å². The zero-order chi connectivity index (χ0) is 22.9. The van der Waals surface area contributed by atoms with Crippen molar-refractivity contribution in [1.29, 1.82) is 0 Å². The molecule has 1 atom stereocenters. The van der Waals surface area contributed by atoms with Gasteiger partial charge in [-0.25, -0.2) is 17.2 Å². The number of hydroxylamine groups is 2. The number of hydrogen-bond acceptors (Lipinski definition) is 7. The monoisotopic (exact) mass is 523 g/mol. The van der Waals surface area contributed by atoms with Crippen molar-refractivity contribution in [2.45, 2.75) is 37.2 Å². The minimum Gasteiger partial charge on any atom is -0.485 e. The van der Waals surface area contributed by atoms with Crippen LogP contribution >= 0.6 is 15.9 Å². The van der Waals surface area contributed by atoms with Gasteiger partial charge in [-0.2, -0.15) is 5.06 Å². The van der Waals surface area contributed by atoms with Gasteiger partial charge < -0.3 is 9.47 Å². The number of halogens is 3. The van der Waals surface area contributed by atoms with Crippen molar-refractivity contribution in [3.05, 3.63) is 33.6 Å². The molecule has 1 aromatic carbocycles. The van der Waals surface area contributed by atoms with E-state index in [1.54, 1.807) is 6.92 Å². The van der Waals surface area contributed by atoms with E-state index >= 15 is 0 Å². The first-order chi connectivity index (χ1) is 14.6. The van der Waals surface area contributed by atoms with Crippen molar-refractivity contribution in [3.8, 4) is 5.75 Å². The predicted octanol–water partition coefficient (Wildman–Crippen LogP) is 3.11. The molecule has 1 heterocycles. The van der Waals surface area contributed by atoms with Crippen LogP contribution < -0.4 is 4.74 Å². The molecule has 0 spiro atoms. The fourth-order valence-corrected chi connectivity index (χ4v) is 4.91. The van der Waals surface area contributed by atoms with Gasteiger partial charge in [0.1, 0.15) is 17.6 Å². The van der Waals surface area contributed by atoms with Crippen molar-refractivity contribution in [3.63, 3.8) is 0 Å². The average Bonchev–Trinajstić information content (AvgIpc) is 3.47. The number of amides is 1. The van der Waals surface area contributed by atoms with Crippen LogP contribution in [0.4, 0.5) is 8.78 Å². The number of rotatable bonds is 10. The van der Waals surface area contributed by atoms with Crippen LogP contribution in [0.3, 0.4) is 0 Å². The Morgan fingerprint density at radius 3 is 2.55 bits per heavy atom. The quantitative estimate of drug-likeness (QED) is 0.343. The molecule has 1 aliphatic carbocycles. The molecule has 1 aromatic rings. The van der Waals surface area contributed by atoms with E-state index in [-0.39, 0.29) is 39.8 Å². The van der Waals surface area contributed by atoms with Gasteiger partial charge in [-0.15, -0.1) is 0 Å². The highest BCUT2D eigenvalue weighted by molar-refractivity contribution is 9.10. The number of ketones is 1. The average molecular weight is 524 g/mol. The first-order valence-corrected chi connectivity index (χ1v) is 12.0. The van der Waals surface area contributed by atoms with Gasteiger partial charge in [0.15, 0.2) is 21.4 Å². The van der Waals surface area contributed by atoms with E-state index in [1.807, 2.05) is 0 Å². The van der Waals surface area contributed by atoms with E-state index in [0.717, 1.165) is 24.2 Å². The fourth-order valence-electron chi connectivity index (χ4n) is 3.27. The third-order valence-corrected chi connectivity index (χ3v) is 6.42. The van der Waals surface area contributed by atoms with E-state index < -0.39 is 39.7 Å². The van der Waals surface area contributed by atoms with Crippen LogP contribution in [-0.2, 0) is 24.2 Å². The largest absolute Gasteiger partial charge is 0.485 e. The molecule has 31 heavy (non-hydrogen) atoms. The Hall–Kier alpha value is -2.05. The second-order valence-electron chi connectivity index (χ2n) is 7.00. The van der Waals surface area contributed by atoms with Gasteiger partial charge in [0.2, 0.25) is 12.3 Å². The number of alkyl halides is 2. The summed E-state index contributed by atoms with van der Waals surface area (Å²) in [6, 6.07) is 2.59. The van der Waals surface area contributed by atoms with E-state index in [2.05, 4.69) is 15.9 Å². The molecule has 0 bridgehead atoms. The van der Waals surface area contributed by atoms with Crippen LogP contribution in [0, 0.1) is 5.92 Å². The number of carbonyl (C=O) groups excluding carboxylic acids is 2. The molecule has 0 saturated heterocycles. The van der Waals surface area contributed by atoms with Gasteiger partial charge >= 0.3 is 0 Å². The molecule has 0 aromatic heterocycles. The maximum absolute atomic E-state index is 13.6. The molecule has 0 radical (unpaired) electrons. The molecule has 1 saturated carbocycles. The van der Waals surface area contributed by atoms with Crippen LogP contribution in [0.15, 0.2) is 33.0 Å². The lowest BCUT2D eigenvalue weighted by molar-refractivity contribution is -0.176. The van der Waals surface area contributed by atoms with Gasteiger partial charge in [-0.1, -0.05) is 0 Å². The molecule has 8 nitrogen and oxygen atoms in total. The smallest absolute Gasteiger partial charge is 0.272 e. The zero-order valence-corrected chi connectivity index (χ0v) is 19.0. The summed E-state index contributed by atoms with van der Waals surface area (Å²) >= 11 is 3.10. The summed E-state index contributed by atoms with van der Waals surface area (Å²) in [4.78, 5) is 30.0. The lowest BCUT2D eigenvalue weighted by Gasteiger charge is -2.17. The second-order valence-corrected chi connectivity index (χ2v) is 9.81. The number of ether oxygens (including phenoxy) is 2. The highest BCUT2D eigenvalue weighted by Crippen LogP contribution is 2.45. The Morgan fingerprint density at radius 1 is 1.35 bits per heavy atom. The van der Waals surface area contributed by atoms with Crippen LogP contribution in [0.1, 0.15) is 30.1 Å². The Morgan fingerprint density at radius 2 is 2.03 bits per heavy atom. The molecular weight excluding hydrogens is 504 g/mol. The Kier molecular flexibility index (Phi) is 7.01. The normalized spacial score (nSPS) is 19.2. The summed E-state index contributed by atoms with van der Waals surface area (Å²) in [6.07, 6.45) is -0.919. The maximum atomic E-state index is 13.6. The number of benzene rings is 1. The summed E-state index contributed by atoms with van der Waals surface area (Å²) in [5, 5.41) is 0.812. The van der Waals surface area contributed by atoms with Crippen LogP contribution in [-0.4, -0.2) is 57.7 Å².